The average Bonchev–Trinajstić information content (AvgIpc) is 0.911. The molecule has 532 valence electrons. The topological polar surface area (TPSA) is 11.4 Å². The minimum absolute atomic E-state index is 0.111. The molecule has 112 heavy (non-hydrogen) atoms. The minimum Gasteiger partial charge on any atom is -0.310 e. The Balaban J connectivity index is 1.00. The van der Waals surface area contributed by atoms with Crippen LogP contribution in [-0.2, 0) is 10.8 Å². The van der Waals surface area contributed by atoms with Crippen LogP contribution in [0.1, 0.15) is 52.7 Å². The Kier molecular flexibility index (Phi) is 16.5. The van der Waals surface area contributed by atoms with Gasteiger partial charge in [-0.15, -0.1) is 0 Å². The van der Waals surface area contributed by atoms with Crippen molar-refractivity contribution in [2.24, 2.45) is 0 Å². The molecule has 0 N–H and O–H groups in total. The van der Waals surface area contributed by atoms with E-state index in [1.807, 2.05) is 0 Å². The van der Waals surface area contributed by atoms with Gasteiger partial charge in [0.2, 0.25) is 0 Å². The number of benzene rings is 17. The number of fused-ring (bicyclic) bond motifs is 9. The molecule has 1 aromatic heterocycles. The molecule has 0 unspecified atom stereocenters. The number of aromatic nitrogens is 1. The van der Waals surface area contributed by atoms with Gasteiger partial charge < -0.3 is 14.4 Å². The van der Waals surface area contributed by atoms with E-state index in [9.17, 15) is 0 Å². The van der Waals surface area contributed by atoms with E-state index in [1.54, 1.807) is 0 Å². The molecule has 18 aromatic rings. The molecule has 0 fully saturated rings. The van der Waals surface area contributed by atoms with Crippen LogP contribution in [0.2, 0.25) is 0 Å². The summed E-state index contributed by atoms with van der Waals surface area (Å²) >= 11 is 0. The van der Waals surface area contributed by atoms with Gasteiger partial charge in [-0.25, -0.2) is 0 Å². The first-order valence-electron chi connectivity index (χ1n) is 39.3. The summed E-state index contributed by atoms with van der Waals surface area (Å²) in [5.74, 6) is 0. The molecule has 0 amide bonds. The van der Waals surface area contributed by atoms with Crippen LogP contribution < -0.4 is 26.2 Å². The molecular weight excluding hydrogens is 1350 g/mol. The van der Waals surface area contributed by atoms with Gasteiger partial charge >= 0.3 is 0 Å². The Morgan fingerprint density at radius 2 is 0.554 bits per heavy atom. The van der Waals surface area contributed by atoms with Gasteiger partial charge in [0.15, 0.2) is 0 Å². The molecule has 17 aromatic carbocycles. The number of hydrogen-bond acceptors (Lipinski definition) is 2. The Hall–Kier alpha value is -13.5. The van der Waals surface area contributed by atoms with Crippen LogP contribution in [0.5, 0.6) is 0 Å². The van der Waals surface area contributed by atoms with Crippen LogP contribution in [0.15, 0.2) is 388 Å². The monoisotopic (exact) mass is 1430 g/mol. The Morgan fingerprint density at radius 1 is 0.223 bits per heavy atom. The van der Waals surface area contributed by atoms with Crippen molar-refractivity contribution in [1.29, 1.82) is 0 Å². The molecule has 4 heteroatoms. The molecule has 0 bridgehead atoms. The summed E-state index contributed by atoms with van der Waals surface area (Å²) in [6.45, 7) is 13.8. The lowest BCUT2D eigenvalue weighted by Crippen LogP contribution is -2.61. The van der Waals surface area contributed by atoms with Crippen molar-refractivity contribution >= 4 is 89.8 Å². The van der Waals surface area contributed by atoms with Crippen molar-refractivity contribution < 1.29 is 0 Å². The van der Waals surface area contributed by atoms with E-state index in [0.29, 0.717) is 0 Å². The fourth-order valence-corrected chi connectivity index (χ4v) is 17.9. The first-order chi connectivity index (χ1) is 54.8. The lowest BCUT2D eigenvalue weighted by atomic mass is 9.33. The van der Waals surface area contributed by atoms with Gasteiger partial charge in [-0.3, -0.25) is 0 Å². The van der Waals surface area contributed by atoms with Gasteiger partial charge in [0.05, 0.1) is 28.1 Å². The number of rotatable bonds is 12. The molecule has 20 rings (SSSR count). The van der Waals surface area contributed by atoms with Gasteiger partial charge in [0.1, 0.15) is 0 Å². The average molecular weight is 1430 g/mol. The van der Waals surface area contributed by atoms with Crippen LogP contribution in [0, 0.1) is 0 Å². The van der Waals surface area contributed by atoms with Gasteiger partial charge in [0.25, 0.3) is 6.71 Å². The second-order valence-electron chi connectivity index (χ2n) is 32.3. The third kappa shape index (κ3) is 11.7. The molecule has 0 radical (unpaired) electrons. The maximum absolute atomic E-state index is 2.71. The molecular formula is C108H82BN3. The highest BCUT2D eigenvalue weighted by Crippen LogP contribution is 2.56. The summed E-state index contributed by atoms with van der Waals surface area (Å²) in [6.07, 6.45) is 0. The second kappa shape index (κ2) is 27.2. The Labute approximate surface area is 657 Å². The van der Waals surface area contributed by atoms with E-state index in [2.05, 4.69) is 444 Å². The van der Waals surface area contributed by atoms with E-state index in [1.165, 1.54) is 60.2 Å². The molecule has 0 aliphatic carbocycles. The largest absolute Gasteiger partial charge is 0.310 e. The highest BCUT2D eigenvalue weighted by molar-refractivity contribution is 7.00. The molecule has 3 heterocycles. The van der Waals surface area contributed by atoms with Crippen LogP contribution in [0.25, 0.3) is 138 Å². The SMILES string of the molecule is CC(C)(C)c1cc(-c2cc3c(c4ccccc24)c2ccccc2n3-c2cc3c4c(c2)N(c2c(-c5ccccc5)cc(-c5ccccc5)cc2-c2ccccc2)c2ccc(-c5ccccc5)cc2B4c2cc(-c4ccccc4)ccc2N3c2c(-c3ccccc3)cc(-c3ccccc3)cc2-c2ccccc2)cc(C(C)(C)C)c1. The van der Waals surface area contributed by atoms with Crippen LogP contribution in [-0.4, -0.2) is 11.3 Å². The maximum Gasteiger partial charge on any atom is 0.252 e. The van der Waals surface area contributed by atoms with Gasteiger partial charge in [-0.05, 0) is 188 Å². The zero-order valence-corrected chi connectivity index (χ0v) is 63.9. The third-order valence-electron chi connectivity index (χ3n) is 23.4. The summed E-state index contributed by atoms with van der Waals surface area (Å²) < 4.78 is 2.63. The zero-order valence-electron chi connectivity index (χ0n) is 63.9. The summed E-state index contributed by atoms with van der Waals surface area (Å²) in [7, 11) is 0. The Bertz CT molecular complexity index is 6220. The number of hydrogen-bond donors (Lipinski definition) is 0. The number of anilines is 6. The number of para-hydroxylation sites is 1. The molecule has 2 aliphatic rings. The van der Waals surface area contributed by atoms with E-state index in [4.69, 9.17) is 0 Å². The van der Waals surface area contributed by atoms with E-state index in [-0.39, 0.29) is 17.5 Å². The van der Waals surface area contributed by atoms with Crippen LogP contribution >= 0.6 is 0 Å². The minimum atomic E-state index is -0.308. The van der Waals surface area contributed by atoms with E-state index >= 15 is 0 Å². The molecule has 0 spiro atoms. The molecule has 0 atom stereocenters. The Morgan fingerprint density at radius 3 is 0.929 bits per heavy atom. The van der Waals surface area contributed by atoms with Crippen molar-refractivity contribution in [3.05, 3.63) is 399 Å². The van der Waals surface area contributed by atoms with Gasteiger partial charge in [0, 0.05) is 55.8 Å². The quantitative estimate of drug-likeness (QED) is 0.113. The van der Waals surface area contributed by atoms with Crippen molar-refractivity contribution in [2.45, 2.75) is 52.4 Å². The molecule has 2 aliphatic heterocycles. The first kappa shape index (κ1) is 67.8. The van der Waals surface area contributed by atoms with Crippen molar-refractivity contribution in [3.8, 4) is 106 Å². The summed E-state index contributed by atoms with van der Waals surface area (Å²) in [6, 6.07) is 147. The third-order valence-corrected chi connectivity index (χ3v) is 23.4. The highest BCUT2D eigenvalue weighted by Gasteiger charge is 2.46. The smallest absolute Gasteiger partial charge is 0.252 e. The fourth-order valence-electron chi connectivity index (χ4n) is 17.9. The predicted octanol–water partition coefficient (Wildman–Crippen LogP) is 27.6. The van der Waals surface area contributed by atoms with Crippen molar-refractivity contribution in [1.82, 2.24) is 4.57 Å². The van der Waals surface area contributed by atoms with E-state index in [0.717, 1.165) is 140 Å². The highest BCUT2D eigenvalue weighted by atomic mass is 15.2. The summed E-state index contributed by atoms with van der Waals surface area (Å²) in [4.78, 5) is 5.42. The van der Waals surface area contributed by atoms with E-state index < -0.39 is 0 Å². The maximum atomic E-state index is 2.71. The molecule has 0 saturated heterocycles. The van der Waals surface area contributed by atoms with Crippen molar-refractivity contribution in [2.75, 3.05) is 9.80 Å². The van der Waals surface area contributed by atoms with Gasteiger partial charge in [-0.2, -0.15) is 0 Å². The second-order valence-corrected chi connectivity index (χ2v) is 32.3. The lowest BCUT2D eigenvalue weighted by Gasteiger charge is -2.46. The predicted molar refractivity (Wildman–Crippen MR) is 479 cm³/mol. The van der Waals surface area contributed by atoms with Crippen LogP contribution in [0.4, 0.5) is 34.1 Å². The number of nitrogens with zero attached hydrogens (tertiary/aromatic N) is 3. The lowest BCUT2D eigenvalue weighted by molar-refractivity contribution is 0.569. The zero-order chi connectivity index (χ0) is 75.3. The summed E-state index contributed by atoms with van der Waals surface area (Å²) in [5, 5.41) is 4.86. The van der Waals surface area contributed by atoms with Gasteiger partial charge in [-0.1, -0.05) is 369 Å². The molecule has 3 nitrogen and oxygen atoms in total. The molecule has 0 saturated carbocycles. The normalized spacial score (nSPS) is 12.5. The fraction of sp³-hybridized carbons (Fsp3) is 0.0741. The summed E-state index contributed by atoms with van der Waals surface area (Å²) in [5.41, 5.74) is 36.4. The van der Waals surface area contributed by atoms with Crippen LogP contribution in [0.3, 0.4) is 0 Å². The standard InChI is InChI=1S/C108H82BN3/c1-107(2,3)84-59-83(60-85(67-84)108(4,5)6)90-70-100-103(88-52-32-31-51-87(88)90)89-53-33-34-54-97(89)110(100)86-68-101-104-102(69-86)112(106-93(77-47-27-13-28-48-77)63-82(74-41-21-10-22-42-74)64-94(106)78-49-29-14-30-50-78)99-58-56-80(72-37-17-8-18-38-72)66-96(99)109(104)95-65-79(71-35-15-7-16-36-71)55-57-98(95)111(101)105-91(75-43-23-11-24-44-75)61-81(73-39-19-9-20-40-73)62-92(105)76-45-25-12-26-46-76/h7-70H,1-6H3. The first-order valence-corrected chi connectivity index (χ1v) is 39.3. The van der Waals surface area contributed by atoms with Crippen molar-refractivity contribution in [3.63, 3.8) is 0 Å².